The van der Waals surface area contributed by atoms with Crippen LogP contribution in [0.1, 0.15) is 18.1 Å². The number of alkyl halides is 3. The fourth-order valence-corrected chi connectivity index (χ4v) is 0.821. The van der Waals surface area contributed by atoms with Crippen LogP contribution in [0.4, 0.5) is 13.2 Å². The Bertz CT molecular complexity index is 292. The molecule has 1 nitrogen and oxygen atoms in total. The molecule has 0 unspecified atom stereocenters. The highest BCUT2D eigenvalue weighted by molar-refractivity contribution is 5.44. The summed E-state index contributed by atoms with van der Waals surface area (Å²) in [5.41, 5.74) is 0.0392. The Morgan fingerprint density at radius 3 is 2.07 bits per heavy atom. The van der Waals surface area contributed by atoms with Crippen LogP contribution in [0, 0.1) is 6.92 Å². The summed E-state index contributed by atoms with van der Waals surface area (Å²) in [6, 6.07) is 5.22. The molecule has 0 bridgehead atoms. The zero-order valence-electron chi connectivity index (χ0n) is 7.93. The second-order valence-electron chi connectivity index (χ2n) is 2.60. The maximum absolute atomic E-state index is 12.0. The van der Waals surface area contributed by atoms with E-state index in [0.717, 1.165) is 18.4 Å². The predicted molar refractivity (Wildman–Crippen MR) is 47.9 cm³/mol. The van der Waals surface area contributed by atoms with Gasteiger partial charge in [0.25, 0.3) is 0 Å². The Kier molecular flexibility index (Phi) is 4.91. The maximum atomic E-state index is 12.0. The molecular formula is C10H11F3O. The molecule has 0 heterocycles. The van der Waals surface area contributed by atoms with E-state index in [1.807, 2.05) is 0 Å². The molecule has 0 aromatic heterocycles. The first kappa shape index (κ1) is 12.7. The Hall–Kier alpha value is -1.32. The number of aryl methyl sites for hydroxylation is 1. The number of carbonyl (C=O) groups excluding carboxylic acids is 1. The van der Waals surface area contributed by atoms with Gasteiger partial charge in [-0.05, 0) is 19.9 Å². The molecule has 0 aliphatic carbocycles. The smallest absolute Gasteiger partial charge is 0.304 e. The van der Waals surface area contributed by atoms with Crippen LogP contribution in [0.2, 0.25) is 0 Å². The number of hydrogen-bond acceptors (Lipinski definition) is 1. The number of aldehydes is 1. The van der Waals surface area contributed by atoms with Crippen LogP contribution < -0.4 is 0 Å². The minimum atomic E-state index is -4.22. The molecule has 1 rings (SSSR count). The van der Waals surface area contributed by atoms with Crippen LogP contribution >= 0.6 is 0 Å². The third-order valence-corrected chi connectivity index (χ3v) is 1.35. The van der Waals surface area contributed by atoms with Gasteiger partial charge in [0.15, 0.2) is 0 Å². The van der Waals surface area contributed by atoms with Gasteiger partial charge in [0.05, 0.1) is 5.56 Å². The van der Waals surface area contributed by atoms with Gasteiger partial charge in [0, 0.05) is 0 Å². The summed E-state index contributed by atoms with van der Waals surface area (Å²) >= 11 is 0. The van der Waals surface area contributed by atoms with Crippen LogP contribution in [0.5, 0.6) is 0 Å². The van der Waals surface area contributed by atoms with Gasteiger partial charge >= 0.3 is 6.18 Å². The Balaban J connectivity index is 0.000000500. The normalized spacial score (nSPS) is 10.1. The number of rotatable bonds is 0. The molecule has 0 aliphatic heterocycles. The fourth-order valence-electron chi connectivity index (χ4n) is 0.821. The molecule has 0 fully saturated rings. The minimum absolute atomic E-state index is 0.586. The first-order chi connectivity index (χ1) is 6.41. The lowest BCUT2D eigenvalue weighted by Crippen LogP contribution is -2.04. The van der Waals surface area contributed by atoms with Crippen LogP contribution in [0.3, 0.4) is 0 Å². The molecule has 14 heavy (non-hydrogen) atoms. The van der Waals surface area contributed by atoms with Crippen molar-refractivity contribution in [3.8, 4) is 0 Å². The second-order valence-corrected chi connectivity index (χ2v) is 2.60. The SMILES string of the molecule is CC=O.Cc1cccc(C(F)(F)F)c1. The van der Waals surface area contributed by atoms with Crippen molar-refractivity contribution in [2.75, 3.05) is 0 Å². The van der Waals surface area contributed by atoms with Crippen LogP contribution in [-0.4, -0.2) is 6.29 Å². The molecule has 0 aliphatic rings. The minimum Gasteiger partial charge on any atom is -0.304 e. The predicted octanol–water partition coefficient (Wildman–Crippen LogP) is 3.22. The molecule has 0 radical (unpaired) electrons. The van der Waals surface area contributed by atoms with Crippen molar-refractivity contribution in [2.45, 2.75) is 20.0 Å². The molecule has 0 amide bonds. The zero-order chi connectivity index (χ0) is 11.2. The lowest BCUT2D eigenvalue weighted by atomic mass is 10.1. The van der Waals surface area contributed by atoms with E-state index < -0.39 is 11.7 Å². The summed E-state index contributed by atoms with van der Waals surface area (Å²) in [6.07, 6.45) is -3.47. The summed E-state index contributed by atoms with van der Waals surface area (Å²) < 4.78 is 35.9. The highest BCUT2D eigenvalue weighted by Crippen LogP contribution is 2.29. The van der Waals surface area contributed by atoms with Gasteiger partial charge in [-0.25, -0.2) is 0 Å². The fraction of sp³-hybridized carbons (Fsp3) is 0.300. The average molecular weight is 204 g/mol. The molecule has 1 aromatic rings. The van der Waals surface area contributed by atoms with E-state index in [1.165, 1.54) is 13.0 Å². The van der Waals surface area contributed by atoms with Gasteiger partial charge in [-0.2, -0.15) is 13.2 Å². The summed E-state index contributed by atoms with van der Waals surface area (Å²) in [5.74, 6) is 0. The van der Waals surface area contributed by atoms with Crippen molar-refractivity contribution >= 4 is 6.29 Å². The standard InChI is InChI=1S/C8H7F3.C2H4O/c1-6-3-2-4-7(5-6)8(9,10)11;1-2-3/h2-5H,1H3;2H,1H3. The number of benzene rings is 1. The van der Waals surface area contributed by atoms with E-state index in [2.05, 4.69) is 0 Å². The highest BCUT2D eigenvalue weighted by atomic mass is 19.4. The van der Waals surface area contributed by atoms with Crippen LogP contribution in [0.25, 0.3) is 0 Å². The quantitative estimate of drug-likeness (QED) is 0.593. The van der Waals surface area contributed by atoms with Crippen molar-refractivity contribution < 1.29 is 18.0 Å². The molecule has 0 spiro atoms. The van der Waals surface area contributed by atoms with Crippen molar-refractivity contribution in [1.29, 1.82) is 0 Å². The van der Waals surface area contributed by atoms with Gasteiger partial charge in [-0.15, -0.1) is 0 Å². The summed E-state index contributed by atoms with van der Waals surface area (Å²) in [7, 11) is 0. The van der Waals surface area contributed by atoms with E-state index in [9.17, 15) is 13.2 Å². The van der Waals surface area contributed by atoms with E-state index >= 15 is 0 Å². The summed E-state index contributed by atoms with van der Waals surface area (Å²) in [4.78, 5) is 8.81. The second kappa shape index (κ2) is 5.42. The summed E-state index contributed by atoms with van der Waals surface area (Å²) in [5, 5.41) is 0. The first-order valence-corrected chi connectivity index (χ1v) is 3.95. The van der Waals surface area contributed by atoms with Crippen LogP contribution in [-0.2, 0) is 11.0 Å². The van der Waals surface area contributed by atoms with E-state index in [-0.39, 0.29) is 0 Å². The molecule has 0 atom stereocenters. The molecule has 4 heteroatoms. The Morgan fingerprint density at radius 1 is 1.29 bits per heavy atom. The lowest BCUT2D eigenvalue weighted by Gasteiger charge is -2.05. The zero-order valence-corrected chi connectivity index (χ0v) is 7.93. The third kappa shape index (κ3) is 4.64. The van der Waals surface area contributed by atoms with E-state index in [0.29, 0.717) is 5.56 Å². The lowest BCUT2D eigenvalue weighted by molar-refractivity contribution is -0.137. The van der Waals surface area contributed by atoms with Gasteiger partial charge in [-0.1, -0.05) is 23.8 Å². The topological polar surface area (TPSA) is 17.1 Å². The number of carbonyl (C=O) groups is 1. The Morgan fingerprint density at radius 2 is 1.79 bits per heavy atom. The molecule has 0 saturated heterocycles. The van der Waals surface area contributed by atoms with Crippen molar-refractivity contribution in [3.63, 3.8) is 0 Å². The molecule has 1 aromatic carbocycles. The van der Waals surface area contributed by atoms with Crippen molar-refractivity contribution in [2.24, 2.45) is 0 Å². The monoisotopic (exact) mass is 204 g/mol. The Labute approximate surface area is 80.6 Å². The summed E-state index contributed by atoms with van der Waals surface area (Å²) in [6.45, 7) is 3.08. The van der Waals surface area contributed by atoms with Crippen LogP contribution in [0.15, 0.2) is 24.3 Å². The largest absolute Gasteiger partial charge is 0.416 e. The maximum Gasteiger partial charge on any atom is 0.416 e. The van der Waals surface area contributed by atoms with E-state index in [1.54, 1.807) is 13.0 Å². The van der Waals surface area contributed by atoms with Crippen molar-refractivity contribution in [3.05, 3.63) is 35.4 Å². The van der Waals surface area contributed by atoms with Gasteiger partial charge < -0.3 is 4.79 Å². The molecule has 78 valence electrons. The van der Waals surface area contributed by atoms with Gasteiger partial charge in [0.2, 0.25) is 0 Å². The van der Waals surface area contributed by atoms with Gasteiger partial charge in [-0.3, -0.25) is 0 Å². The number of halogens is 3. The first-order valence-electron chi connectivity index (χ1n) is 3.95. The molecule has 0 N–H and O–H groups in total. The van der Waals surface area contributed by atoms with E-state index in [4.69, 9.17) is 4.79 Å². The molecular weight excluding hydrogens is 193 g/mol. The third-order valence-electron chi connectivity index (χ3n) is 1.35. The van der Waals surface area contributed by atoms with Crippen molar-refractivity contribution in [1.82, 2.24) is 0 Å². The number of hydrogen-bond donors (Lipinski definition) is 0. The average Bonchev–Trinajstić information content (AvgIpc) is 2.04. The highest BCUT2D eigenvalue weighted by Gasteiger charge is 2.29. The molecule has 0 saturated carbocycles. The van der Waals surface area contributed by atoms with Gasteiger partial charge in [0.1, 0.15) is 6.29 Å².